The normalized spacial score (nSPS) is 11.2. The van der Waals surface area contributed by atoms with Crippen molar-refractivity contribution in [3.05, 3.63) is 0 Å². The van der Waals surface area contributed by atoms with Gasteiger partial charge in [-0.15, -0.1) is 0 Å². The zero-order valence-corrected chi connectivity index (χ0v) is 43.6. The molecular weight excluding hydrogens is 653 g/mol. The summed E-state index contributed by atoms with van der Waals surface area (Å²) >= 11 is 0. The summed E-state index contributed by atoms with van der Waals surface area (Å²) in [6, 6.07) is 0. The third-order valence-corrected chi connectivity index (χ3v) is 5.36. The van der Waals surface area contributed by atoms with Gasteiger partial charge in [0, 0.05) is 26.2 Å². The molecule has 8 nitrogen and oxygen atoms in total. The van der Waals surface area contributed by atoms with Crippen LogP contribution in [-0.4, -0.2) is 170 Å². The molecule has 1 heterocycles. The first-order valence-corrected chi connectivity index (χ1v) is 22.7. The number of rotatable bonds is 16. The lowest BCUT2D eigenvalue weighted by Crippen LogP contribution is -2.55. The lowest BCUT2D eigenvalue weighted by atomic mass is 10.3. The fourth-order valence-electron chi connectivity index (χ4n) is 3.74. The van der Waals surface area contributed by atoms with E-state index < -0.39 is 0 Å². The fraction of sp³-hybridized carbons (Fsp3) is 0.978. The molecule has 1 saturated heterocycles. The molecule has 1 fully saturated rings. The SMILES string of the molecule is C=NCCCN(C)C.CC.CC.CC.CC.CC.CC.CC.CC.CC.CCC.CN(C)CCCN1CN(CCCN(C)C)CN(CCCN(C)C)C1. The summed E-state index contributed by atoms with van der Waals surface area (Å²) in [4.78, 5) is 20.6. The number of hydrogen-bond donors (Lipinski definition) is 0. The van der Waals surface area contributed by atoms with Gasteiger partial charge in [-0.1, -0.05) is 145 Å². The highest BCUT2D eigenvalue weighted by Crippen LogP contribution is 2.10. The second-order valence-corrected chi connectivity index (χ2v) is 10.9. The van der Waals surface area contributed by atoms with E-state index in [1.54, 1.807) is 0 Å². The third kappa shape index (κ3) is 106. The molecule has 8 heteroatoms. The average molecular weight is 771 g/mol. The lowest BCUT2D eigenvalue weighted by Gasteiger charge is -2.42. The average Bonchev–Trinajstić information content (AvgIpc) is 3.19. The van der Waals surface area contributed by atoms with E-state index in [9.17, 15) is 0 Å². The molecule has 0 unspecified atom stereocenters. The molecule has 1 aliphatic heterocycles. The Labute approximate surface area is 344 Å². The quantitative estimate of drug-likeness (QED) is 0.114. The predicted molar refractivity (Wildman–Crippen MR) is 260 cm³/mol. The summed E-state index contributed by atoms with van der Waals surface area (Å²) < 4.78 is 0. The van der Waals surface area contributed by atoms with Crippen LogP contribution >= 0.6 is 0 Å². The van der Waals surface area contributed by atoms with Crippen LogP contribution in [0.2, 0.25) is 0 Å². The topological polar surface area (TPSA) is 35.0 Å². The number of nitrogens with zero attached hydrogens (tertiary/aromatic N) is 8. The predicted octanol–water partition coefficient (Wildman–Crippen LogP) is 11.9. The van der Waals surface area contributed by atoms with Crippen LogP contribution in [0, 0.1) is 0 Å². The number of hydrogen-bond acceptors (Lipinski definition) is 8. The lowest BCUT2D eigenvalue weighted by molar-refractivity contribution is -0.0320. The Kier molecular flexibility index (Phi) is 142. The maximum absolute atomic E-state index is 3.73. The van der Waals surface area contributed by atoms with Crippen molar-refractivity contribution in [3.8, 4) is 0 Å². The monoisotopic (exact) mass is 771 g/mol. The van der Waals surface area contributed by atoms with Crippen molar-refractivity contribution in [1.82, 2.24) is 34.3 Å². The highest BCUT2D eigenvalue weighted by Gasteiger charge is 2.22. The fourth-order valence-corrected chi connectivity index (χ4v) is 3.74. The van der Waals surface area contributed by atoms with Crippen LogP contribution in [0.5, 0.6) is 0 Å². The minimum Gasteiger partial charge on any atom is -0.309 e. The molecule has 0 bridgehead atoms. The maximum Gasteiger partial charge on any atom is 0.0530 e. The van der Waals surface area contributed by atoms with Crippen molar-refractivity contribution < 1.29 is 0 Å². The molecule has 0 aromatic rings. The molecule has 0 spiro atoms. The van der Waals surface area contributed by atoms with Crippen molar-refractivity contribution in [3.63, 3.8) is 0 Å². The molecule has 338 valence electrons. The molecular formula is C45H118N8. The standard InChI is InChI=1S/C18H42N6.C6H14N2.C3H8.9C2H6/c1-19(2)10-7-13-22-16-23(14-8-11-20(3)4)18-24(17-22)15-9-12-21(5)6;1-7-5-4-6-8(2)3;1-3-2;9*1-2/h7-18H2,1-6H3;1,4-6H2,2-3H3;3H2,1-2H3;9*1-2H3. The van der Waals surface area contributed by atoms with Crippen LogP contribution in [0.15, 0.2) is 4.99 Å². The van der Waals surface area contributed by atoms with E-state index in [1.165, 1.54) is 65.0 Å². The van der Waals surface area contributed by atoms with Gasteiger partial charge in [-0.3, -0.25) is 14.7 Å². The molecule has 0 aromatic heterocycles. The first-order chi connectivity index (χ1) is 25.5. The van der Waals surface area contributed by atoms with E-state index in [1.807, 2.05) is 125 Å². The largest absolute Gasteiger partial charge is 0.309 e. The summed E-state index contributed by atoms with van der Waals surface area (Å²) in [5.41, 5.74) is 0. The zero-order valence-electron chi connectivity index (χ0n) is 43.6. The summed E-state index contributed by atoms with van der Waals surface area (Å²) in [5, 5.41) is 0. The van der Waals surface area contributed by atoms with Gasteiger partial charge in [0.25, 0.3) is 0 Å². The van der Waals surface area contributed by atoms with Crippen LogP contribution in [0.25, 0.3) is 0 Å². The van der Waals surface area contributed by atoms with Gasteiger partial charge < -0.3 is 24.6 Å². The van der Waals surface area contributed by atoms with Gasteiger partial charge in [0.2, 0.25) is 0 Å². The van der Waals surface area contributed by atoms with E-state index in [4.69, 9.17) is 0 Å². The molecule has 53 heavy (non-hydrogen) atoms. The molecule has 0 amide bonds. The molecule has 1 aliphatic rings. The van der Waals surface area contributed by atoms with Crippen LogP contribution in [0.4, 0.5) is 0 Å². The first kappa shape index (κ1) is 80.8. The Bertz CT molecular complexity index is 395. The van der Waals surface area contributed by atoms with E-state index in [2.05, 4.69) is 116 Å². The van der Waals surface area contributed by atoms with Crippen molar-refractivity contribution in [1.29, 1.82) is 0 Å². The van der Waals surface area contributed by atoms with Gasteiger partial charge in [-0.05, 0) is 115 Å². The van der Waals surface area contributed by atoms with Gasteiger partial charge in [0.15, 0.2) is 0 Å². The van der Waals surface area contributed by atoms with Gasteiger partial charge in [0.1, 0.15) is 0 Å². The number of aliphatic imine (C=N–C) groups is 1. The van der Waals surface area contributed by atoms with E-state index in [0.29, 0.717) is 0 Å². The van der Waals surface area contributed by atoms with Crippen LogP contribution in [0.3, 0.4) is 0 Å². The summed E-state index contributed by atoms with van der Waals surface area (Å²) in [6.45, 7) is 56.2. The van der Waals surface area contributed by atoms with Crippen LogP contribution in [0.1, 0.15) is 171 Å². The van der Waals surface area contributed by atoms with Gasteiger partial charge in [0.05, 0.1) is 20.0 Å². The first-order valence-electron chi connectivity index (χ1n) is 22.7. The zero-order chi connectivity index (χ0) is 45.1. The Morgan fingerprint density at radius 3 is 0.698 bits per heavy atom. The maximum atomic E-state index is 3.73. The Morgan fingerprint density at radius 1 is 0.377 bits per heavy atom. The summed E-state index contributed by atoms with van der Waals surface area (Å²) in [6.07, 6.45) is 6.13. The molecule has 0 N–H and O–H groups in total. The highest BCUT2D eigenvalue weighted by atomic mass is 15.5. The smallest absolute Gasteiger partial charge is 0.0530 e. The molecule has 1 rings (SSSR count). The van der Waals surface area contributed by atoms with E-state index in [0.717, 1.165) is 39.5 Å². The second kappa shape index (κ2) is 93.3. The highest BCUT2D eigenvalue weighted by molar-refractivity contribution is 5.22. The Hall–Kier alpha value is -0.610. The summed E-state index contributed by atoms with van der Waals surface area (Å²) in [5.74, 6) is 0. The molecule has 0 aromatic carbocycles. The van der Waals surface area contributed by atoms with Crippen molar-refractivity contribution in [2.24, 2.45) is 4.99 Å². The van der Waals surface area contributed by atoms with Crippen LogP contribution in [-0.2, 0) is 0 Å². The summed E-state index contributed by atoms with van der Waals surface area (Å²) in [7, 11) is 17.1. The second-order valence-electron chi connectivity index (χ2n) is 10.9. The van der Waals surface area contributed by atoms with E-state index >= 15 is 0 Å². The molecule has 0 aliphatic carbocycles. The van der Waals surface area contributed by atoms with Crippen LogP contribution < -0.4 is 0 Å². The van der Waals surface area contributed by atoms with E-state index in [-0.39, 0.29) is 0 Å². The molecule has 0 saturated carbocycles. The minimum atomic E-state index is 0.887. The molecule has 0 radical (unpaired) electrons. The minimum absolute atomic E-state index is 0.887. The molecule has 0 atom stereocenters. The third-order valence-electron chi connectivity index (χ3n) is 5.36. The van der Waals surface area contributed by atoms with Gasteiger partial charge in [-0.25, -0.2) is 0 Å². The van der Waals surface area contributed by atoms with Gasteiger partial charge in [-0.2, -0.15) is 0 Å². The van der Waals surface area contributed by atoms with Crippen molar-refractivity contribution in [2.45, 2.75) is 171 Å². The van der Waals surface area contributed by atoms with Crippen molar-refractivity contribution in [2.75, 3.05) is 129 Å². The Morgan fingerprint density at radius 2 is 0.547 bits per heavy atom. The van der Waals surface area contributed by atoms with Crippen molar-refractivity contribution >= 4 is 6.72 Å². The van der Waals surface area contributed by atoms with Gasteiger partial charge >= 0.3 is 0 Å². The Balaban J connectivity index is -0.0000000560.